The number of non-ortho nitro benzene ring substituents is 1. The molecule has 1 aliphatic rings. The fourth-order valence-electron chi connectivity index (χ4n) is 3.08. The van der Waals surface area contributed by atoms with Gasteiger partial charge in [0.1, 0.15) is 0 Å². The predicted molar refractivity (Wildman–Crippen MR) is 86.1 cm³/mol. The Hall–Kier alpha value is -2.97. The molecule has 0 radical (unpaired) electrons. The maximum Gasteiger partial charge on any atom is 0.308 e. The number of anilines is 1. The van der Waals surface area contributed by atoms with Crippen LogP contribution in [0.4, 0.5) is 11.6 Å². The highest BCUT2D eigenvalue weighted by molar-refractivity contribution is 5.81. The lowest BCUT2D eigenvalue weighted by molar-refractivity contribution is -0.384. The molecule has 2 N–H and O–H groups in total. The number of aromatic amines is 1. The number of nitrogens with zero attached hydrogens (tertiary/aromatic N) is 3. The lowest BCUT2D eigenvalue weighted by Gasteiger charge is -2.34. The number of rotatable bonds is 3. The van der Waals surface area contributed by atoms with Crippen LogP contribution in [0, 0.1) is 22.0 Å². The van der Waals surface area contributed by atoms with Crippen LogP contribution in [0.5, 0.6) is 0 Å². The number of nitrogens with one attached hydrogen (secondary N) is 1. The molecule has 2 aromatic rings. The molecule has 0 amide bonds. The van der Waals surface area contributed by atoms with Crippen LogP contribution in [-0.2, 0) is 4.79 Å². The zero-order chi connectivity index (χ0) is 17.4. The number of piperidine rings is 1. The quantitative estimate of drug-likeness (QED) is 0.641. The van der Waals surface area contributed by atoms with E-state index in [1.165, 1.54) is 18.2 Å². The monoisotopic (exact) mass is 332 g/mol. The number of hydrogen-bond acceptors (Lipinski definition) is 6. The Balaban J connectivity index is 2.01. The van der Waals surface area contributed by atoms with Crippen molar-refractivity contribution in [3.05, 3.63) is 38.7 Å². The van der Waals surface area contributed by atoms with E-state index in [1.807, 2.05) is 6.92 Å². The summed E-state index contributed by atoms with van der Waals surface area (Å²) in [7, 11) is 0. The number of aliphatic carboxylic acids is 1. The molecule has 1 aromatic heterocycles. The molecule has 2 unspecified atom stereocenters. The molecule has 0 bridgehead atoms. The van der Waals surface area contributed by atoms with Crippen LogP contribution in [0.3, 0.4) is 0 Å². The smallest absolute Gasteiger partial charge is 0.308 e. The molecule has 2 atom stereocenters. The second-order valence-electron chi connectivity index (χ2n) is 6.13. The van der Waals surface area contributed by atoms with E-state index in [1.54, 1.807) is 4.90 Å². The molecule has 1 aliphatic heterocycles. The van der Waals surface area contributed by atoms with Crippen molar-refractivity contribution < 1.29 is 14.8 Å². The largest absolute Gasteiger partial charge is 0.481 e. The van der Waals surface area contributed by atoms with E-state index >= 15 is 0 Å². The fourth-order valence-corrected chi connectivity index (χ4v) is 3.08. The van der Waals surface area contributed by atoms with Gasteiger partial charge < -0.3 is 10.0 Å². The van der Waals surface area contributed by atoms with Crippen LogP contribution in [0.25, 0.3) is 10.9 Å². The normalized spacial score (nSPS) is 21.0. The van der Waals surface area contributed by atoms with Crippen molar-refractivity contribution >= 4 is 28.5 Å². The summed E-state index contributed by atoms with van der Waals surface area (Å²) in [4.78, 5) is 42.5. The molecular weight excluding hydrogens is 316 g/mol. The summed E-state index contributed by atoms with van der Waals surface area (Å²) >= 11 is 0. The van der Waals surface area contributed by atoms with Crippen LogP contribution in [0.15, 0.2) is 23.0 Å². The summed E-state index contributed by atoms with van der Waals surface area (Å²) < 4.78 is 0. The average molecular weight is 332 g/mol. The van der Waals surface area contributed by atoms with E-state index in [2.05, 4.69) is 9.97 Å². The summed E-state index contributed by atoms with van der Waals surface area (Å²) in [6.07, 6.45) is 0.579. The van der Waals surface area contributed by atoms with Gasteiger partial charge in [0.2, 0.25) is 5.95 Å². The van der Waals surface area contributed by atoms with Crippen LogP contribution < -0.4 is 10.5 Å². The van der Waals surface area contributed by atoms with Crippen molar-refractivity contribution in [2.45, 2.75) is 13.3 Å². The number of H-pyrrole nitrogens is 1. The molecule has 1 saturated heterocycles. The Morgan fingerprint density at radius 2 is 2.21 bits per heavy atom. The molecule has 24 heavy (non-hydrogen) atoms. The van der Waals surface area contributed by atoms with Gasteiger partial charge in [-0.05, 0) is 18.4 Å². The summed E-state index contributed by atoms with van der Waals surface area (Å²) in [5.41, 5.74) is -0.326. The van der Waals surface area contributed by atoms with Gasteiger partial charge in [0.05, 0.1) is 21.7 Å². The third kappa shape index (κ3) is 2.92. The number of fused-ring (bicyclic) bond motifs is 1. The van der Waals surface area contributed by atoms with Gasteiger partial charge in [-0.2, -0.15) is 0 Å². The number of carbonyl (C=O) groups is 1. The Bertz CT molecular complexity index is 878. The van der Waals surface area contributed by atoms with Gasteiger partial charge in [0.25, 0.3) is 11.2 Å². The highest BCUT2D eigenvalue weighted by atomic mass is 16.6. The summed E-state index contributed by atoms with van der Waals surface area (Å²) in [5.74, 6) is -0.950. The third-order valence-corrected chi connectivity index (χ3v) is 4.20. The maximum absolute atomic E-state index is 12.3. The van der Waals surface area contributed by atoms with Crippen molar-refractivity contribution in [2.24, 2.45) is 11.8 Å². The average Bonchev–Trinajstić information content (AvgIpc) is 2.53. The first-order valence-electron chi connectivity index (χ1n) is 7.51. The minimum atomic E-state index is -0.870. The molecule has 0 spiro atoms. The van der Waals surface area contributed by atoms with Gasteiger partial charge in [-0.25, -0.2) is 4.98 Å². The van der Waals surface area contributed by atoms with Crippen molar-refractivity contribution in [3.8, 4) is 0 Å². The number of hydrogen-bond donors (Lipinski definition) is 2. The van der Waals surface area contributed by atoms with E-state index in [-0.39, 0.29) is 23.5 Å². The van der Waals surface area contributed by atoms with E-state index in [4.69, 9.17) is 0 Å². The number of carboxylic acid groups (broad SMARTS) is 1. The molecule has 9 heteroatoms. The van der Waals surface area contributed by atoms with Gasteiger partial charge >= 0.3 is 5.97 Å². The number of benzene rings is 1. The molecule has 126 valence electrons. The van der Waals surface area contributed by atoms with Crippen molar-refractivity contribution in [3.63, 3.8) is 0 Å². The van der Waals surface area contributed by atoms with Crippen molar-refractivity contribution in [2.75, 3.05) is 18.0 Å². The van der Waals surface area contributed by atoms with Crippen LogP contribution in [0.1, 0.15) is 13.3 Å². The second kappa shape index (κ2) is 5.91. The molecule has 9 nitrogen and oxygen atoms in total. The first-order chi connectivity index (χ1) is 11.3. The molecule has 2 heterocycles. The van der Waals surface area contributed by atoms with Gasteiger partial charge in [-0.1, -0.05) is 6.92 Å². The third-order valence-electron chi connectivity index (χ3n) is 4.20. The topological polar surface area (TPSA) is 129 Å². The van der Waals surface area contributed by atoms with Crippen LogP contribution in [-0.4, -0.2) is 39.1 Å². The minimum Gasteiger partial charge on any atom is -0.481 e. The fraction of sp³-hybridized carbons (Fsp3) is 0.400. The number of nitro groups is 1. The molecule has 0 saturated carbocycles. The lowest BCUT2D eigenvalue weighted by atomic mass is 9.91. The Morgan fingerprint density at radius 1 is 1.46 bits per heavy atom. The maximum atomic E-state index is 12.3. The van der Waals surface area contributed by atoms with E-state index in [0.717, 1.165) is 0 Å². The van der Waals surface area contributed by atoms with Crippen molar-refractivity contribution in [1.82, 2.24) is 9.97 Å². The first-order valence-corrected chi connectivity index (χ1v) is 7.51. The predicted octanol–water partition coefficient (Wildman–Crippen LogP) is 1.38. The molecule has 0 aliphatic carbocycles. The number of carboxylic acids is 1. The standard InChI is InChI=1S/C15H16N4O5/c1-8-4-9(14(21)22)7-18(6-8)15-16-12-3-2-10(19(23)24)5-11(12)13(20)17-15/h2-3,5,8-9H,4,6-7H2,1H3,(H,21,22)(H,16,17,20). The van der Waals surface area contributed by atoms with Gasteiger partial charge in [-0.15, -0.1) is 0 Å². The van der Waals surface area contributed by atoms with Gasteiger partial charge in [0.15, 0.2) is 0 Å². The zero-order valence-electron chi connectivity index (χ0n) is 12.9. The Morgan fingerprint density at radius 3 is 2.88 bits per heavy atom. The van der Waals surface area contributed by atoms with Gasteiger partial charge in [-0.3, -0.25) is 24.7 Å². The number of aromatic nitrogens is 2. The highest BCUT2D eigenvalue weighted by Crippen LogP contribution is 2.25. The first kappa shape index (κ1) is 15.9. The van der Waals surface area contributed by atoms with Crippen LogP contribution in [0.2, 0.25) is 0 Å². The Kier molecular flexibility index (Phi) is 3.92. The summed E-state index contributed by atoms with van der Waals surface area (Å²) in [5, 5.41) is 20.2. The van der Waals surface area contributed by atoms with Gasteiger partial charge in [0, 0.05) is 25.2 Å². The minimum absolute atomic E-state index is 0.132. The lowest BCUT2D eigenvalue weighted by Crippen LogP contribution is -2.43. The molecule has 1 aromatic carbocycles. The molecule has 3 rings (SSSR count). The van der Waals surface area contributed by atoms with Crippen molar-refractivity contribution in [1.29, 1.82) is 0 Å². The van der Waals surface area contributed by atoms with Crippen LogP contribution >= 0.6 is 0 Å². The second-order valence-corrected chi connectivity index (χ2v) is 6.13. The number of nitro benzene ring substituents is 1. The van der Waals surface area contributed by atoms with E-state index in [9.17, 15) is 24.8 Å². The Labute approximate surface area is 136 Å². The molecule has 1 fully saturated rings. The summed E-state index contributed by atoms with van der Waals surface area (Å²) in [6.45, 7) is 2.80. The zero-order valence-corrected chi connectivity index (χ0v) is 12.9. The SMILES string of the molecule is CC1CC(C(=O)O)CN(c2nc3ccc([N+](=O)[O-])cc3c(=O)[nH]2)C1. The van der Waals surface area contributed by atoms with E-state index in [0.29, 0.717) is 24.4 Å². The summed E-state index contributed by atoms with van der Waals surface area (Å²) in [6, 6.07) is 3.90. The highest BCUT2D eigenvalue weighted by Gasteiger charge is 2.30. The molecular formula is C15H16N4O5. The van der Waals surface area contributed by atoms with E-state index < -0.39 is 22.4 Å².